The smallest absolute Gasteiger partial charge is 0.221 e. The number of anilines is 2. The van der Waals surface area contributed by atoms with Gasteiger partial charge in [0.05, 0.1) is 11.4 Å². The second kappa shape index (κ2) is 7.17. The Bertz CT molecular complexity index is 772. The summed E-state index contributed by atoms with van der Waals surface area (Å²) in [6, 6.07) is 11.7. The maximum atomic E-state index is 11.2. The summed E-state index contributed by atoms with van der Waals surface area (Å²) >= 11 is 0. The Morgan fingerprint density at radius 2 is 1.35 bits per heavy atom. The molecule has 0 fully saturated rings. The van der Waals surface area contributed by atoms with E-state index in [0.29, 0.717) is 11.4 Å². The van der Waals surface area contributed by atoms with Gasteiger partial charge in [0.2, 0.25) is 11.8 Å². The number of para-hydroxylation sites is 2. The van der Waals surface area contributed by atoms with Crippen LogP contribution in [0.25, 0.3) is 0 Å². The molecule has 0 aliphatic rings. The summed E-state index contributed by atoms with van der Waals surface area (Å²) in [6.07, 6.45) is 0. The van der Waals surface area contributed by atoms with Gasteiger partial charge in [0.1, 0.15) is 11.4 Å². The van der Waals surface area contributed by atoms with Gasteiger partial charge in [0.15, 0.2) is 5.75 Å². The molecule has 0 atom stereocenters. The van der Waals surface area contributed by atoms with Crippen LogP contribution in [0, 0.1) is 0 Å². The van der Waals surface area contributed by atoms with Gasteiger partial charge in [0, 0.05) is 13.8 Å². The van der Waals surface area contributed by atoms with Crippen LogP contribution < -0.4 is 10.6 Å². The maximum absolute atomic E-state index is 11.2. The van der Waals surface area contributed by atoms with Gasteiger partial charge in [-0.2, -0.15) is 0 Å². The molecule has 0 aliphatic carbocycles. The molecule has 7 heteroatoms. The zero-order chi connectivity index (χ0) is 16.8. The molecule has 0 heterocycles. The molecule has 2 aromatic rings. The molecule has 0 saturated carbocycles. The van der Waals surface area contributed by atoms with E-state index in [9.17, 15) is 14.7 Å². The van der Waals surface area contributed by atoms with Crippen molar-refractivity contribution in [2.75, 3.05) is 10.6 Å². The van der Waals surface area contributed by atoms with E-state index < -0.39 is 0 Å². The van der Waals surface area contributed by atoms with Crippen molar-refractivity contribution < 1.29 is 14.7 Å². The highest BCUT2D eigenvalue weighted by atomic mass is 16.3. The van der Waals surface area contributed by atoms with Crippen LogP contribution in [-0.2, 0) is 9.59 Å². The average molecular weight is 312 g/mol. The first kappa shape index (κ1) is 16.2. The molecule has 0 unspecified atom stereocenters. The summed E-state index contributed by atoms with van der Waals surface area (Å²) in [5.41, 5.74) is 1.42. The van der Waals surface area contributed by atoms with Crippen LogP contribution in [0.3, 0.4) is 0 Å². The molecule has 2 aromatic carbocycles. The number of aromatic hydroxyl groups is 1. The highest BCUT2D eigenvalue weighted by Crippen LogP contribution is 2.35. The summed E-state index contributed by atoms with van der Waals surface area (Å²) in [7, 11) is 0. The van der Waals surface area contributed by atoms with E-state index in [4.69, 9.17) is 0 Å². The minimum atomic E-state index is -0.301. The molecule has 0 bridgehead atoms. The lowest BCUT2D eigenvalue weighted by molar-refractivity contribution is -0.115. The van der Waals surface area contributed by atoms with Gasteiger partial charge < -0.3 is 15.7 Å². The van der Waals surface area contributed by atoms with Crippen LogP contribution in [0.1, 0.15) is 13.8 Å². The quantitative estimate of drug-likeness (QED) is 0.592. The number of carbonyl (C=O) groups is 2. The number of rotatable bonds is 4. The summed E-state index contributed by atoms with van der Waals surface area (Å²) in [6.45, 7) is 2.74. The third kappa shape index (κ3) is 4.37. The van der Waals surface area contributed by atoms with Crippen molar-refractivity contribution in [1.29, 1.82) is 0 Å². The zero-order valence-corrected chi connectivity index (χ0v) is 12.7. The van der Waals surface area contributed by atoms with Crippen LogP contribution in [0.15, 0.2) is 52.7 Å². The van der Waals surface area contributed by atoms with Gasteiger partial charge in [-0.25, -0.2) is 0 Å². The molecule has 23 heavy (non-hydrogen) atoms. The Hall–Kier alpha value is -3.22. The Labute approximate surface area is 133 Å². The van der Waals surface area contributed by atoms with E-state index in [0.717, 1.165) is 0 Å². The number of phenols is 1. The molecule has 3 N–H and O–H groups in total. The lowest BCUT2D eigenvalue weighted by Crippen LogP contribution is -2.05. The van der Waals surface area contributed by atoms with Gasteiger partial charge in [-0.05, 0) is 24.3 Å². The van der Waals surface area contributed by atoms with E-state index in [1.807, 2.05) is 0 Å². The molecule has 0 aromatic heterocycles. The van der Waals surface area contributed by atoms with Gasteiger partial charge in [-0.3, -0.25) is 9.59 Å². The second-order valence-electron chi connectivity index (χ2n) is 4.75. The summed E-state index contributed by atoms with van der Waals surface area (Å²) in [5.74, 6) is -0.697. The molecule has 118 valence electrons. The van der Waals surface area contributed by atoms with Gasteiger partial charge in [-0.1, -0.05) is 18.2 Å². The van der Waals surface area contributed by atoms with Crippen LogP contribution in [0.5, 0.6) is 5.75 Å². The monoisotopic (exact) mass is 312 g/mol. The Balaban J connectivity index is 2.31. The standard InChI is InChI=1S/C16H16N4O3/c1-10(21)17-12-6-3-4-7-13(12)19-20-15-9-5-8-14(16(15)23)18-11(2)22/h3-9,23H,1-2H3,(H,17,21)(H,18,22). The Morgan fingerprint density at radius 1 is 0.826 bits per heavy atom. The zero-order valence-electron chi connectivity index (χ0n) is 12.7. The topological polar surface area (TPSA) is 103 Å². The fourth-order valence-electron chi connectivity index (χ4n) is 1.87. The predicted molar refractivity (Wildman–Crippen MR) is 87.3 cm³/mol. The summed E-state index contributed by atoms with van der Waals surface area (Å²) in [4.78, 5) is 22.3. The van der Waals surface area contributed by atoms with Crippen LogP contribution in [0.2, 0.25) is 0 Å². The highest BCUT2D eigenvalue weighted by Gasteiger charge is 2.08. The molecule has 2 rings (SSSR count). The molecule has 0 spiro atoms. The molecule has 0 saturated heterocycles. The van der Waals surface area contributed by atoms with Crippen molar-refractivity contribution in [1.82, 2.24) is 0 Å². The Morgan fingerprint density at radius 3 is 2.04 bits per heavy atom. The van der Waals surface area contributed by atoms with E-state index in [1.54, 1.807) is 42.5 Å². The number of carbonyl (C=O) groups excluding carboxylic acids is 2. The second-order valence-corrected chi connectivity index (χ2v) is 4.75. The number of nitrogens with zero attached hydrogens (tertiary/aromatic N) is 2. The van der Waals surface area contributed by atoms with Crippen LogP contribution >= 0.6 is 0 Å². The van der Waals surface area contributed by atoms with E-state index in [-0.39, 0.29) is 28.9 Å². The van der Waals surface area contributed by atoms with E-state index in [2.05, 4.69) is 20.9 Å². The number of hydrogen-bond acceptors (Lipinski definition) is 5. The van der Waals surface area contributed by atoms with Crippen molar-refractivity contribution in [2.24, 2.45) is 10.2 Å². The minimum absolute atomic E-state index is 0.177. The minimum Gasteiger partial charge on any atom is -0.504 e. The lowest BCUT2D eigenvalue weighted by Gasteiger charge is -2.07. The van der Waals surface area contributed by atoms with Crippen molar-refractivity contribution in [3.63, 3.8) is 0 Å². The fourth-order valence-corrected chi connectivity index (χ4v) is 1.87. The molecule has 0 aliphatic heterocycles. The van der Waals surface area contributed by atoms with E-state index >= 15 is 0 Å². The number of amides is 2. The number of azo groups is 1. The van der Waals surface area contributed by atoms with Gasteiger partial charge in [0.25, 0.3) is 0 Å². The van der Waals surface area contributed by atoms with Crippen molar-refractivity contribution in [3.8, 4) is 5.75 Å². The maximum Gasteiger partial charge on any atom is 0.221 e. The first-order chi connectivity index (χ1) is 11.0. The lowest BCUT2D eigenvalue weighted by atomic mass is 10.2. The number of phenolic OH excluding ortho intramolecular Hbond substituents is 1. The van der Waals surface area contributed by atoms with Crippen molar-refractivity contribution in [2.45, 2.75) is 13.8 Å². The van der Waals surface area contributed by atoms with Crippen molar-refractivity contribution >= 4 is 34.6 Å². The normalized spacial score (nSPS) is 10.5. The molecule has 0 radical (unpaired) electrons. The first-order valence-electron chi connectivity index (χ1n) is 6.85. The van der Waals surface area contributed by atoms with Crippen LogP contribution in [0.4, 0.5) is 22.7 Å². The fraction of sp³-hybridized carbons (Fsp3) is 0.125. The SMILES string of the molecule is CC(=O)Nc1ccccc1N=Nc1cccc(NC(C)=O)c1O. The molecule has 7 nitrogen and oxygen atoms in total. The largest absolute Gasteiger partial charge is 0.504 e. The van der Waals surface area contributed by atoms with Crippen molar-refractivity contribution in [3.05, 3.63) is 42.5 Å². The predicted octanol–water partition coefficient (Wildman–Crippen LogP) is 3.72. The first-order valence-corrected chi connectivity index (χ1v) is 6.85. The molecule has 2 amide bonds. The Kier molecular flexibility index (Phi) is 5.03. The molecular weight excluding hydrogens is 296 g/mol. The number of hydrogen-bond donors (Lipinski definition) is 3. The highest BCUT2D eigenvalue weighted by molar-refractivity contribution is 5.92. The number of benzene rings is 2. The summed E-state index contributed by atoms with van der Waals surface area (Å²) < 4.78 is 0. The molecular formula is C16H16N4O3. The van der Waals surface area contributed by atoms with Gasteiger partial charge in [-0.15, -0.1) is 10.2 Å². The third-order valence-corrected chi connectivity index (χ3v) is 2.81. The number of nitrogens with one attached hydrogen (secondary N) is 2. The van der Waals surface area contributed by atoms with Crippen LogP contribution in [-0.4, -0.2) is 16.9 Å². The summed E-state index contributed by atoms with van der Waals surface area (Å²) in [5, 5.41) is 23.3. The average Bonchev–Trinajstić information content (AvgIpc) is 2.48. The van der Waals surface area contributed by atoms with Gasteiger partial charge >= 0.3 is 0 Å². The van der Waals surface area contributed by atoms with E-state index in [1.165, 1.54) is 13.8 Å². The third-order valence-electron chi connectivity index (χ3n) is 2.81.